The maximum absolute atomic E-state index is 5.62. The molecule has 0 aromatic rings. The summed E-state index contributed by atoms with van der Waals surface area (Å²) in [6, 6.07) is 0. The summed E-state index contributed by atoms with van der Waals surface area (Å²) in [6.45, 7) is 7.01. The Balaban J connectivity index is 2.03. The molecular formula is C10H18O. The molecule has 0 aromatic carbocycles. The Morgan fingerprint density at radius 3 is 2.45 bits per heavy atom. The van der Waals surface area contributed by atoms with Gasteiger partial charge in [-0.3, -0.25) is 0 Å². The van der Waals surface area contributed by atoms with Crippen molar-refractivity contribution >= 4 is 0 Å². The zero-order valence-electron chi connectivity index (χ0n) is 7.76. The molecule has 1 saturated heterocycles. The average Bonchev–Trinajstić information content (AvgIpc) is 2.60. The van der Waals surface area contributed by atoms with Crippen molar-refractivity contribution in [2.24, 2.45) is 11.3 Å². The zero-order valence-corrected chi connectivity index (χ0v) is 7.76. The lowest BCUT2D eigenvalue weighted by atomic mass is 9.72. The summed E-state index contributed by atoms with van der Waals surface area (Å²) in [5.41, 5.74) is 0.458. The third kappa shape index (κ3) is 1.31. The molecule has 0 bridgehead atoms. The molecule has 0 N–H and O–H groups in total. The van der Waals surface area contributed by atoms with Gasteiger partial charge < -0.3 is 4.74 Å². The predicted octanol–water partition coefficient (Wildman–Crippen LogP) is 2.60. The summed E-state index contributed by atoms with van der Waals surface area (Å²) >= 11 is 0. The largest absolute Gasteiger partial charge is 0.369 e. The van der Waals surface area contributed by atoms with Gasteiger partial charge in [-0.05, 0) is 24.2 Å². The summed E-state index contributed by atoms with van der Waals surface area (Å²) in [4.78, 5) is 0. The molecule has 2 fully saturated rings. The minimum Gasteiger partial charge on any atom is -0.369 e. The number of fused-ring (bicyclic) bond motifs is 1. The smallest absolute Gasteiger partial charge is 0.0874 e. The third-order valence-electron chi connectivity index (χ3n) is 3.13. The van der Waals surface area contributed by atoms with E-state index < -0.39 is 0 Å². The highest BCUT2D eigenvalue weighted by atomic mass is 16.6. The van der Waals surface area contributed by atoms with Crippen LogP contribution in [0.25, 0.3) is 0 Å². The van der Waals surface area contributed by atoms with Gasteiger partial charge in [0.25, 0.3) is 0 Å². The molecule has 1 aliphatic heterocycles. The molecule has 0 aromatic heterocycles. The van der Waals surface area contributed by atoms with Crippen LogP contribution in [0.4, 0.5) is 0 Å². The fourth-order valence-electron chi connectivity index (χ4n) is 2.37. The van der Waals surface area contributed by atoms with Crippen molar-refractivity contribution in [3.63, 3.8) is 0 Å². The first-order valence-corrected chi connectivity index (χ1v) is 4.74. The molecule has 2 aliphatic rings. The van der Waals surface area contributed by atoms with Gasteiger partial charge in [-0.15, -0.1) is 0 Å². The molecule has 0 radical (unpaired) electrons. The molecule has 0 amide bonds. The van der Waals surface area contributed by atoms with Crippen molar-refractivity contribution in [1.82, 2.24) is 0 Å². The lowest BCUT2D eigenvalue weighted by Crippen LogP contribution is -2.29. The van der Waals surface area contributed by atoms with E-state index in [4.69, 9.17) is 4.74 Å². The van der Waals surface area contributed by atoms with Crippen molar-refractivity contribution in [1.29, 1.82) is 0 Å². The quantitative estimate of drug-likeness (QED) is 0.489. The van der Waals surface area contributed by atoms with Crippen LogP contribution in [0.3, 0.4) is 0 Å². The van der Waals surface area contributed by atoms with Crippen molar-refractivity contribution < 1.29 is 4.74 Å². The van der Waals surface area contributed by atoms with Crippen LogP contribution in [0, 0.1) is 11.3 Å². The maximum atomic E-state index is 5.62. The summed E-state index contributed by atoms with van der Waals surface area (Å²) in [6.07, 6.45) is 5.35. The molecule has 1 saturated carbocycles. The maximum Gasteiger partial charge on any atom is 0.0874 e. The molecular weight excluding hydrogens is 136 g/mol. The summed E-state index contributed by atoms with van der Waals surface area (Å²) in [5, 5.41) is 0. The second-order valence-electron chi connectivity index (χ2n) is 5.04. The highest BCUT2D eigenvalue weighted by molar-refractivity contribution is 4.98. The van der Waals surface area contributed by atoms with E-state index in [9.17, 15) is 0 Å². The average molecular weight is 154 g/mol. The van der Waals surface area contributed by atoms with E-state index in [0.717, 1.165) is 5.92 Å². The molecule has 2 rings (SSSR count). The van der Waals surface area contributed by atoms with Crippen LogP contribution >= 0.6 is 0 Å². The van der Waals surface area contributed by atoms with Gasteiger partial charge >= 0.3 is 0 Å². The van der Waals surface area contributed by atoms with Gasteiger partial charge in [-0.1, -0.05) is 27.2 Å². The van der Waals surface area contributed by atoms with Crippen LogP contribution in [0.1, 0.15) is 40.0 Å². The second-order valence-corrected chi connectivity index (χ2v) is 5.04. The van der Waals surface area contributed by atoms with E-state index in [2.05, 4.69) is 20.8 Å². The van der Waals surface area contributed by atoms with Crippen LogP contribution in [0.5, 0.6) is 0 Å². The van der Waals surface area contributed by atoms with Gasteiger partial charge in [-0.2, -0.15) is 0 Å². The highest BCUT2D eigenvalue weighted by Crippen LogP contribution is 2.48. The first kappa shape index (κ1) is 7.60. The Labute approximate surface area is 69.1 Å². The van der Waals surface area contributed by atoms with Gasteiger partial charge in [0, 0.05) is 0 Å². The van der Waals surface area contributed by atoms with Crippen molar-refractivity contribution in [2.75, 3.05) is 0 Å². The SMILES string of the molecule is CC(C)(C)[C@H]1CCC[C@H]2O[C@H]21. The molecule has 0 unspecified atom stereocenters. The van der Waals surface area contributed by atoms with Crippen LogP contribution in [0.15, 0.2) is 0 Å². The highest BCUT2D eigenvalue weighted by Gasteiger charge is 2.50. The van der Waals surface area contributed by atoms with E-state index in [1.54, 1.807) is 0 Å². The molecule has 1 aliphatic carbocycles. The minimum atomic E-state index is 0.458. The van der Waals surface area contributed by atoms with Crippen LogP contribution in [-0.2, 0) is 4.74 Å². The Morgan fingerprint density at radius 1 is 1.18 bits per heavy atom. The molecule has 11 heavy (non-hydrogen) atoms. The van der Waals surface area contributed by atoms with E-state index in [-0.39, 0.29) is 0 Å². The first-order chi connectivity index (χ1) is 5.09. The van der Waals surface area contributed by atoms with E-state index in [1.807, 2.05) is 0 Å². The summed E-state index contributed by atoms with van der Waals surface area (Å²) < 4.78 is 5.62. The molecule has 64 valence electrons. The Kier molecular flexibility index (Phi) is 1.54. The second kappa shape index (κ2) is 2.22. The number of rotatable bonds is 0. The van der Waals surface area contributed by atoms with Gasteiger partial charge in [0.15, 0.2) is 0 Å². The fraction of sp³-hybridized carbons (Fsp3) is 1.00. The normalized spacial score (nSPS) is 43.4. The van der Waals surface area contributed by atoms with Gasteiger partial charge in [0.2, 0.25) is 0 Å². The Morgan fingerprint density at radius 2 is 1.91 bits per heavy atom. The predicted molar refractivity (Wildman–Crippen MR) is 45.5 cm³/mol. The lowest BCUT2D eigenvalue weighted by molar-refractivity contribution is 0.172. The van der Waals surface area contributed by atoms with Crippen molar-refractivity contribution in [3.05, 3.63) is 0 Å². The van der Waals surface area contributed by atoms with Gasteiger partial charge in [0.1, 0.15) is 0 Å². The summed E-state index contributed by atoms with van der Waals surface area (Å²) in [7, 11) is 0. The Hall–Kier alpha value is -0.0400. The Bertz CT molecular complexity index is 157. The number of hydrogen-bond donors (Lipinski definition) is 0. The molecule has 1 heteroatoms. The molecule has 1 nitrogen and oxygen atoms in total. The van der Waals surface area contributed by atoms with E-state index in [0.29, 0.717) is 17.6 Å². The lowest BCUT2D eigenvalue weighted by Gasteiger charge is -2.31. The van der Waals surface area contributed by atoms with E-state index in [1.165, 1.54) is 19.3 Å². The first-order valence-electron chi connectivity index (χ1n) is 4.74. The monoisotopic (exact) mass is 154 g/mol. The number of epoxide rings is 1. The van der Waals surface area contributed by atoms with Gasteiger partial charge in [0.05, 0.1) is 12.2 Å². The van der Waals surface area contributed by atoms with Crippen LogP contribution in [-0.4, -0.2) is 12.2 Å². The van der Waals surface area contributed by atoms with Crippen LogP contribution in [0.2, 0.25) is 0 Å². The summed E-state index contributed by atoms with van der Waals surface area (Å²) in [5.74, 6) is 0.821. The number of hydrogen-bond acceptors (Lipinski definition) is 1. The zero-order chi connectivity index (χ0) is 8.06. The minimum absolute atomic E-state index is 0.458. The number of ether oxygens (including phenoxy) is 1. The van der Waals surface area contributed by atoms with Gasteiger partial charge in [-0.25, -0.2) is 0 Å². The van der Waals surface area contributed by atoms with E-state index >= 15 is 0 Å². The van der Waals surface area contributed by atoms with Crippen molar-refractivity contribution in [3.8, 4) is 0 Å². The van der Waals surface area contributed by atoms with Crippen LogP contribution < -0.4 is 0 Å². The molecule has 0 spiro atoms. The molecule has 1 heterocycles. The third-order valence-corrected chi connectivity index (χ3v) is 3.13. The fourth-order valence-corrected chi connectivity index (χ4v) is 2.37. The molecule has 3 atom stereocenters. The topological polar surface area (TPSA) is 12.5 Å². The van der Waals surface area contributed by atoms with Crippen molar-refractivity contribution in [2.45, 2.75) is 52.2 Å². The standard InChI is InChI=1S/C10H18O/c1-10(2,3)7-5-4-6-8-9(7)11-8/h7-9H,4-6H2,1-3H3/t7-,8+,9-/m0/s1.